The van der Waals surface area contributed by atoms with Gasteiger partial charge in [0.2, 0.25) is 0 Å². The van der Waals surface area contributed by atoms with Crippen LogP contribution in [-0.2, 0) is 0 Å². The SMILES string of the molecule is N#CC(C#N)=C(C#N)c1cccc(O)c1. The average molecular weight is 195 g/mol. The van der Waals surface area contributed by atoms with Crippen molar-refractivity contribution in [3.8, 4) is 24.0 Å². The van der Waals surface area contributed by atoms with Crippen molar-refractivity contribution in [3.63, 3.8) is 0 Å². The van der Waals surface area contributed by atoms with Gasteiger partial charge < -0.3 is 5.11 Å². The van der Waals surface area contributed by atoms with E-state index in [1.807, 2.05) is 0 Å². The van der Waals surface area contributed by atoms with Crippen LogP contribution in [0.5, 0.6) is 5.75 Å². The van der Waals surface area contributed by atoms with Gasteiger partial charge in [0.1, 0.15) is 29.5 Å². The molecule has 0 bridgehead atoms. The van der Waals surface area contributed by atoms with Crippen LogP contribution in [0.15, 0.2) is 29.8 Å². The monoisotopic (exact) mass is 195 g/mol. The molecule has 15 heavy (non-hydrogen) atoms. The lowest BCUT2D eigenvalue weighted by atomic mass is 10.0. The molecule has 1 aromatic carbocycles. The Labute approximate surface area is 86.5 Å². The smallest absolute Gasteiger partial charge is 0.148 e. The third-order valence-electron chi connectivity index (χ3n) is 1.72. The Morgan fingerprint density at radius 1 is 1.07 bits per heavy atom. The van der Waals surface area contributed by atoms with Gasteiger partial charge in [-0.3, -0.25) is 0 Å². The van der Waals surface area contributed by atoms with E-state index in [0.29, 0.717) is 5.56 Å². The molecule has 4 heteroatoms. The second-order valence-electron chi connectivity index (χ2n) is 2.64. The number of phenols is 1. The van der Waals surface area contributed by atoms with Gasteiger partial charge in [0.25, 0.3) is 0 Å². The molecule has 0 aromatic heterocycles. The molecule has 0 heterocycles. The maximum atomic E-state index is 9.19. The third kappa shape index (κ3) is 2.12. The zero-order chi connectivity index (χ0) is 11.3. The number of nitriles is 3. The van der Waals surface area contributed by atoms with Crippen molar-refractivity contribution in [1.82, 2.24) is 0 Å². The number of nitrogens with zero attached hydrogens (tertiary/aromatic N) is 3. The molecular weight excluding hydrogens is 190 g/mol. The number of allylic oxidation sites excluding steroid dienone is 2. The summed E-state index contributed by atoms with van der Waals surface area (Å²) in [6, 6.07) is 10.9. The maximum Gasteiger partial charge on any atom is 0.148 e. The highest BCUT2D eigenvalue weighted by Crippen LogP contribution is 2.21. The van der Waals surface area contributed by atoms with E-state index in [4.69, 9.17) is 15.8 Å². The molecule has 1 aromatic rings. The van der Waals surface area contributed by atoms with Gasteiger partial charge >= 0.3 is 0 Å². The third-order valence-corrected chi connectivity index (χ3v) is 1.72. The van der Waals surface area contributed by atoms with Crippen molar-refractivity contribution < 1.29 is 5.11 Å². The summed E-state index contributed by atoms with van der Waals surface area (Å²) in [6.45, 7) is 0. The van der Waals surface area contributed by atoms with Crippen LogP contribution in [-0.4, -0.2) is 5.11 Å². The minimum atomic E-state index is -0.261. The fourth-order valence-corrected chi connectivity index (χ4v) is 1.06. The normalized spacial score (nSPS) is 8.07. The Balaban J connectivity index is 3.42. The molecule has 0 aliphatic rings. The molecule has 0 atom stereocenters. The van der Waals surface area contributed by atoms with Crippen LogP contribution >= 0.6 is 0 Å². The second-order valence-corrected chi connectivity index (χ2v) is 2.64. The largest absolute Gasteiger partial charge is 0.508 e. The van der Waals surface area contributed by atoms with E-state index in [-0.39, 0.29) is 16.9 Å². The topological polar surface area (TPSA) is 91.6 Å². The Bertz CT molecular complexity index is 522. The summed E-state index contributed by atoms with van der Waals surface area (Å²) in [4.78, 5) is 0. The molecule has 0 radical (unpaired) electrons. The Morgan fingerprint density at radius 3 is 2.20 bits per heavy atom. The maximum absolute atomic E-state index is 9.19. The highest BCUT2D eigenvalue weighted by atomic mass is 16.3. The molecule has 0 aliphatic heterocycles. The minimum absolute atomic E-state index is 0.0181. The first-order chi connectivity index (χ1) is 7.22. The molecule has 4 nitrogen and oxygen atoms in total. The molecule has 0 fully saturated rings. The van der Waals surface area contributed by atoms with Gasteiger partial charge in [-0.15, -0.1) is 0 Å². The van der Waals surface area contributed by atoms with Gasteiger partial charge in [0.05, 0.1) is 5.57 Å². The summed E-state index contributed by atoms with van der Waals surface area (Å²) in [5.74, 6) is -0.0181. The van der Waals surface area contributed by atoms with Crippen molar-refractivity contribution in [2.75, 3.05) is 0 Å². The molecule has 70 valence electrons. The van der Waals surface area contributed by atoms with Crippen LogP contribution in [0.25, 0.3) is 5.57 Å². The first-order valence-electron chi connectivity index (χ1n) is 3.97. The minimum Gasteiger partial charge on any atom is -0.508 e. The second kappa shape index (κ2) is 4.46. The molecule has 0 amide bonds. The number of benzene rings is 1. The van der Waals surface area contributed by atoms with Crippen molar-refractivity contribution in [1.29, 1.82) is 15.8 Å². The number of phenolic OH excluding ortho intramolecular Hbond substituents is 1. The highest BCUT2D eigenvalue weighted by molar-refractivity contribution is 5.84. The first-order valence-corrected chi connectivity index (χ1v) is 3.97. The summed E-state index contributed by atoms with van der Waals surface area (Å²) in [7, 11) is 0. The average Bonchev–Trinajstić information content (AvgIpc) is 2.25. The number of hydrogen-bond donors (Lipinski definition) is 1. The summed E-state index contributed by atoms with van der Waals surface area (Å²) in [5, 5.41) is 35.2. The highest BCUT2D eigenvalue weighted by Gasteiger charge is 2.08. The van der Waals surface area contributed by atoms with E-state index in [2.05, 4.69) is 0 Å². The zero-order valence-corrected chi connectivity index (χ0v) is 7.60. The summed E-state index contributed by atoms with van der Waals surface area (Å²) in [5.41, 5.74) is 0.0644. The Kier molecular flexibility index (Phi) is 3.07. The van der Waals surface area contributed by atoms with Crippen molar-refractivity contribution in [2.45, 2.75) is 0 Å². The lowest BCUT2D eigenvalue weighted by Gasteiger charge is -1.98. The van der Waals surface area contributed by atoms with E-state index in [1.54, 1.807) is 24.3 Å². The molecule has 0 saturated heterocycles. The summed E-state index contributed by atoms with van der Waals surface area (Å²) in [6.07, 6.45) is 0. The van der Waals surface area contributed by atoms with Crippen molar-refractivity contribution in [2.24, 2.45) is 0 Å². The van der Waals surface area contributed by atoms with Crippen LogP contribution in [0.4, 0.5) is 0 Å². The van der Waals surface area contributed by atoms with Gasteiger partial charge in [0, 0.05) is 0 Å². The Hall–Kier alpha value is -2.77. The molecule has 0 unspecified atom stereocenters. The molecule has 0 saturated carbocycles. The molecule has 1 N–H and O–H groups in total. The van der Waals surface area contributed by atoms with Gasteiger partial charge in [-0.1, -0.05) is 12.1 Å². The predicted molar refractivity (Wildman–Crippen MR) is 51.9 cm³/mol. The van der Waals surface area contributed by atoms with Gasteiger partial charge in [-0.25, -0.2) is 0 Å². The van der Waals surface area contributed by atoms with Crippen LogP contribution in [0.2, 0.25) is 0 Å². The lowest BCUT2D eigenvalue weighted by molar-refractivity contribution is 0.475. The fourth-order valence-electron chi connectivity index (χ4n) is 1.06. The van der Waals surface area contributed by atoms with Crippen LogP contribution in [0, 0.1) is 34.0 Å². The van der Waals surface area contributed by atoms with Gasteiger partial charge in [-0.2, -0.15) is 15.8 Å². The lowest BCUT2D eigenvalue weighted by Crippen LogP contribution is -1.86. The van der Waals surface area contributed by atoms with Crippen LogP contribution < -0.4 is 0 Å². The summed E-state index contributed by atoms with van der Waals surface area (Å²) < 4.78 is 0. The Morgan fingerprint density at radius 2 is 1.73 bits per heavy atom. The first kappa shape index (κ1) is 10.3. The van der Waals surface area contributed by atoms with E-state index < -0.39 is 0 Å². The van der Waals surface area contributed by atoms with Crippen molar-refractivity contribution >= 4 is 5.57 Å². The van der Waals surface area contributed by atoms with Crippen molar-refractivity contribution in [3.05, 3.63) is 35.4 Å². The molecule has 1 rings (SSSR count). The van der Waals surface area contributed by atoms with Gasteiger partial charge in [-0.05, 0) is 17.7 Å². The van der Waals surface area contributed by atoms with E-state index in [9.17, 15) is 5.11 Å². The van der Waals surface area contributed by atoms with Crippen LogP contribution in [0.1, 0.15) is 5.56 Å². The molecule has 0 spiro atoms. The number of aromatic hydroxyl groups is 1. The zero-order valence-electron chi connectivity index (χ0n) is 7.60. The van der Waals surface area contributed by atoms with Crippen LogP contribution in [0.3, 0.4) is 0 Å². The van der Waals surface area contributed by atoms with Gasteiger partial charge in [0.15, 0.2) is 0 Å². The van der Waals surface area contributed by atoms with E-state index >= 15 is 0 Å². The van der Waals surface area contributed by atoms with E-state index in [1.165, 1.54) is 18.2 Å². The molecular formula is C11H5N3O. The van der Waals surface area contributed by atoms with E-state index in [0.717, 1.165) is 0 Å². The summed E-state index contributed by atoms with van der Waals surface area (Å²) >= 11 is 0. The molecule has 0 aliphatic carbocycles. The quantitative estimate of drug-likeness (QED) is 0.690. The predicted octanol–water partition coefficient (Wildman–Crippen LogP) is 1.72. The number of rotatable bonds is 1. The fraction of sp³-hybridized carbons (Fsp3) is 0. The standard InChI is InChI=1S/C11H5N3O/c12-5-9(6-13)11(7-14)8-2-1-3-10(15)4-8/h1-4,15H. The number of hydrogen-bond acceptors (Lipinski definition) is 4.